The van der Waals surface area contributed by atoms with Crippen molar-refractivity contribution in [3.05, 3.63) is 23.3 Å². The van der Waals surface area contributed by atoms with Gasteiger partial charge < -0.3 is 9.84 Å². The van der Waals surface area contributed by atoms with E-state index in [0.717, 1.165) is 42.6 Å². The Kier molecular flexibility index (Phi) is 8.66. The highest BCUT2D eigenvalue weighted by Gasteiger charge is 2.15. The smallest absolute Gasteiger partial charge is 0.306 e. The Bertz CT molecular complexity index is 556. The van der Waals surface area contributed by atoms with Gasteiger partial charge in [0, 0.05) is 10.6 Å². The molecule has 0 bridgehead atoms. The van der Waals surface area contributed by atoms with Crippen LogP contribution in [0.25, 0.3) is 0 Å². The molecule has 0 saturated heterocycles. The van der Waals surface area contributed by atoms with Gasteiger partial charge in [-0.3, -0.25) is 4.79 Å². The van der Waals surface area contributed by atoms with Crippen molar-refractivity contribution in [2.75, 3.05) is 12.4 Å². The number of unbranched alkanes of at least 4 members (excludes halogenated alkanes) is 1. The van der Waals surface area contributed by atoms with Gasteiger partial charge in [-0.15, -0.1) is 11.8 Å². The molecule has 140 valence electrons. The molecule has 1 aromatic carbocycles. The maximum atomic E-state index is 11.9. The van der Waals surface area contributed by atoms with E-state index < -0.39 is 0 Å². The number of aromatic hydroxyl groups is 1. The van der Waals surface area contributed by atoms with E-state index >= 15 is 0 Å². The molecule has 2 rings (SSSR count). The lowest BCUT2D eigenvalue weighted by Gasteiger charge is -2.18. The second-order valence-electron chi connectivity index (χ2n) is 6.99. The van der Waals surface area contributed by atoms with E-state index in [1.165, 1.54) is 24.8 Å². The summed E-state index contributed by atoms with van der Waals surface area (Å²) in [6, 6.07) is 4.03. The predicted octanol–water partition coefficient (Wildman–Crippen LogP) is 5.51. The van der Waals surface area contributed by atoms with Crippen LogP contribution in [0.5, 0.6) is 5.75 Å². The topological polar surface area (TPSA) is 46.5 Å². The van der Waals surface area contributed by atoms with Gasteiger partial charge in [0.1, 0.15) is 5.75 Å². The van der Waals surface area contributed by atoms with Crippen LogP contribution in [-0.4, -0.2) is 23.4 Å². The first-order valence-electron chi connectivity index (χ1n) is 9.77. The van der Waals surface area contributed by atoms with E-state index in [2.05, 4.69) is 19.9 Å². The summed E-state index contributed by atoms with van der Waals surface area (Å²) in [7, 11) is 0. The third kappa shape index (κ3) is 6.58. The van der Waals surface area contributed by atoms with E-state index in [1.807, 2.05) is 6.07 Å². The third-order valence-corrected chi connectivity index (χ3v) is 5.99. The van der Waals surface area contributed by atoms with Crippen molar-refractivity contribution in [2.24, 2.45) is 5.92 Å². The molecular weight excluding hydrogens is 332 g/mol. The van der Waals surface area contributed by atoms with Crippen molar-refractivity contribution in [1.82, 2.24) is 0 Å². The Morgan fingerprint density at radius 2 is 2.08 bits per heavy atom. The molecular formula is C21H32O3S. The quantitative estimate of drug-likeness (QED) is 0.439. The zero-order valence-electron chi connectivity index (χ0n) is 15.7. The van der Waals surface area contributed by atoms with Gasteiger partial charge in [0.2, 0.25) is 0 Å². The fourth-order valence-electron chi connectivity index (χ4n) is 3.33. The molecule has 1 aliphatic rings. The first kappa shape index (κ1) is 20.2. The van der Waals surface area contributed by atoms with Crippen molar-refractivity contribution in [1.29, 1.82) is 0 Å². The molecule has 25 heavy (non-hydrogen) atoms. The van der Waals surface area contributed by atoms with Crippen LogP contribution in [0.1, 0.15) is 69.9 Å². The summed E-state index contributed by atoms with van der Waals surface area (Å²) < 4.78 is 5.44. The Morgan fingerprint density at radius 3 is 2.84 bits per heavy atom. The van der Waals surface area contributed by atoms with Crippen LogP contribution in [0.15, 0.2) is 17.0 Å². The Morgan fingerprint density at radius 1 is 1.28 bits per heavy atom. The normalized spacial score (nSPS) is 14.8. The first-order chi connectivity index (χ1) is 12.1. The van der Waals surface area contributed by atoms with Crippen molar-refractivity contribution >= 4 is 17.7 Å². The van der Waals surface area contributed by atoms with Gasteiger partial charge in [0.15, 0.2) is 0 Å². The van der Waals surface area contributed by atoms with E-state index in [4.69, 9.17) is 4.74 Å². The van der Waals surface area contributed by atoms with Crippen molar-refractivity contribution in [3.63, 3.8) is 0 Å². The van der Waals surface area contributed by atoms with Crippen molar-refractivity contribution in [3.8, 4) is 5.75 Å². The van der Waals surface area contributed by atoms with Gasteiger partial charge in [0.05, 0.1) is 13.0 Å². The Balaban J connectivity index is 1.73. The van der Waals surface area contributed by atoms with Crippen LogP contribution in [-0.2, 0) is 22.4 Å². The summed E-state index contributed by atoms with van der Waals surface area (Å²) in [6.07, 6.45) is 9.42. The second kappa shape index (κ2) is 10.7. The molecule has 3 nitrogen and oxygen atoms in total. The second-order valence-corrected chi connectivity index (χ2v) is 8.15. The number of phenols is 1. The summed E-state index contributed by atoms with van der Waals surface area (Å²) >= 11 is 1.63. The van der Waals surface area contributed by atoms with Crippen LogP contribution in [0.4, 0.5) is 0 Å². The fourth-order valence-corrected chi connectivity index (χ4v) is 4.26. The van der Waals surface area contributed by atoms with E-state index in [0.29, 0.717) is 30.4 Å². The van der Waals surface area contributed by atoms with Crippen LogP contribution < -0.4 is 0 Å². The molecule has 0 spiro atoms. The van der Waals surface area contributed by atoms with Gasteiger partial charge in [-0.1, -0.05) is 33.1 Å². The lowest BCUT2D eigenvalue weighted by Crippen LogP contribution is -2.14. The standard InChI is InChI=1S/C21H32O3S/c1-3-5-8-16(4-2)15-24-21(23)11-12-25-18-13-17-9-6-7-10-19(17)20(22)14-18/h13-14,16,22H,3-12,15H2,1-2H3. The highest BCUT2D eigenvalue weighted by atomic mass is 32.2. The van der Waals surface area contributed by atoms with Gasteiger partial charge in [-0.05, 0) is 61.3 Å². The lowest BCUT2D eigenvalue weighted by molar-refractivity contribution is -0.144. The number of carbonyl (C=O) groups is 1. The molecule has 1 aromatic rings. The fraction of sp³-hybridized carbons (Fsp3) is 0.667. The number of aryl methyl sites for hydroxylation is 1. The number of esters is 1. The minimum atomic E-state index is -0.107. The average Bonchev–Trinajstić information content (AvgIpc) is 2.62. The number of phenolic OH excluding ortho intramolecular Hbond substituents is 1. The summed E-state index contributed by atoms with van der Waals surface area (Å²) in [6.45, 7) is 4.90. The molecule has 0 amide bonds. The minimum Gasteiger partial charge on any atom is -0.508 e. The number of rotatable bonds is 10. The third-order valence-electron chi connectivity index (χ3n) is 5.01. The molecule has 0 fully saturated rings. The molecule has 4 heteroatoms. The summed E-state index contributed by atoms with van der Waals surface area (Å²) in [5.74, 6) is 1.51. The molecule has 0 saturated carbocycles. The van der Waals surface area contributed by atoms with Crippen LogP contribution >= 0.6 is 11.8 Å². The molecule has 1 aliphatic carbocycles. The van der Waals surface area contributed by atoms with Gasteiger partial charge >= 0.3 is 5.97 Å². The monoisotopic (exact) mass is 364 g/mol. The van der Waals surface area contributed by atoms with Gasteiger partial charge in [-0.2, -0.15) is 0 Å². The average molecular weight is 365 g/mol. The van der Waals surface area contributed by atoms with Crippen molar-refractivity contribution < 1.29 is 14.6 Å². The molecule has 1 unspecified atom stereocenters. The minimum absolute atomic E-state index is 0.107. The highest BCUT2D eigenvalue weighted by molar-refractivity contribution is 7.99. The molecule has 0 aromatic heterocycles. The predicted molar refractivity (Wildman–Crippen MR) is 104 cm³/mol. The van der Waals surface area contributed by atoms with Crippen LogP contribution in [0.3, 0.4) is 0 Å². The SMILES string of the molecule is CCCCC(CC)COC(=O)CCSc1cc(O)c2c(c1)CCCC2. The number of hydrogen-bond donors (Lipinski definition) is 1. The first-order valence-corrected chi connectivity index (χ1v) is 10.8. The summed E-state index contributed by atoms with van der Waals surface area (Å²) in [4.78, 5) is 13.0. The van der Waals surface area contributed by atoms with E-state index in [9.17, 15) is 9.90 Å². The molecule has 1 atom stereocenters. The number of thioether (sulfide) groups is 1. The van der Waals surface area contributed by atoms with E-state index in [-0.39, 0.29) is 5.97 Å². The summed E-state index contributed by atoms with van der Waals surface area (Å²) in [5.41, 5.74) is 2.39. The Labute approximate surface area is 156 Å². The maximum Gasteiger partial charge on any atom is 0.306 e. The summed E-state index contributed by atoms with van der Waals surface area (Å²) in [5, 5.41) is 10.2. The van der Waals surface area contributed by atoms with Gasteiger partial charge in [0.25, 0.3) is 0 Å². The van der Waals surface area contributed by atoms with Crippen LogP contribution in [0, 0.1) is 5.92 Å². The molecule has 0 heterocycles. The molecule has 0 radical (unpaired) electrons. The largest absolute Gasteiger partial charge is 0.508 e. The van der Waals surface area contributed by atoms with Gasteiger partial charge in [-0.25, -0.2) is 0 Å². The lowest BCUT2D eigenvalue weighted by atomic mass is 9.91. The molecule has 0 aliphatic heterocycles. The number of ether oxygens (including phenoxy) is 1. The highest BCUT2D eigenvalue weighted by Crippen LogP contribution is 2.34. The molecule has 1 N–H and O–H groups in total. The number of benzene rings is 1. The number of hydrogen-bond acceptors (Lipinski definition) is 4. The number of fused-ring (bicyclic) bond motifs is 1. The zero-order valence-corrected chi connectivity index (χ0v) is 16.5. The Hall–Kier alpha value is -1.16. The number of carbonyl (C=O) groups excluding carboxylic acids is 1. The van der Waals surface area contributed by atoms with E-state index in [1.54, 1.807) is 11.8 Å². The zero-order chi connectivity index (χ0) is 18.1. The maximum absolute atomic E-state index is 11.9. The van der Waals surface area contributed by atoms with Crippen molar-refractivity contribution in [2.45, 2.75) is 76.5 Å². The van der Waals surface area contributed by atoms with Crippen LogP contribution in [0.2, 0.25) is 0 Å².